The topological polar surface area (TPSA) is 69.3 Å². The summed E-state index contributed by atoms with van der Waals surface area (Å²) in [6.07, 6.45) is 0.803. The number of fused-ring (bicyclic) bond motifs is 1. The molecule has 0 fully saturated rings. The van der Waals surface area contributed by atoms with Crippen molar-refractivity contribution in [3.05, 3.63) is 83.4 Å². The fraction of sp³-hybridized carbons (Fsp3) is 0.286. The van der Waals surface area contributed by atoms with Crippen LogP contribution in [0.15, 0.2) is 66.7 Å². The lowest BCUT2D eigenvalue weighted by atomic mass is 9.92. The number of anilines is 1. The number of carbonyl (C=O) groups excluding carboxylic acids is 1. The molecule has 1 N–H and O–H groups in total. The fourth-order valence-electron chi connectivity index (χ4n) is 4.24. The molecule has 1 aliphatic rings. The van der Waals surface area contributed by atoms with Crippen LogP contribution in [-0.2, 0) is 11.2 Å². The van der Waals surface area contributed by atoms with Gasteiger partial charge in [-0.1, -0.05) is 18.2 Å². The molecule has 36 heavy (non-hydrogen) atoms. The average Bonchev–Trinajstić information content (AvgIpc) is 2.91. The number of benzene rings is 3. The number of rotatable bonds is 8. The Balaban J connectivity index is 1.59. The first-order chi connectivity index (χ1) is 17.5. The molecule has 0 aliphatic carbocycles. The molecular weight excluding hydrogens is 476 g/mol. The molecule has 0 bridgehead atoms. The summed E-state index contributed by atoms with van der Waals surface area (Å²) in [6, 6.07) is 20.7. The molecule has 8 heteroatoms. The quantitative estimate of drug-likeness (QED) is 0.328. The van der Waals surface area contributed by atoms with E-state index >= 15 is 0 Å². The molecule has 3 aromatic carbocycles. The molecule has 0 spiro atoms. The number of methoxy groups -OCH3 is 2. The molecule has 1 unspecified atom stereocenters. The molecule has 0 saturated heterocycles. The Labute approximate surface area is 216 Å². The van der Waals surface area contributed by atoms with Gasteiger partial charge in [0.05, 0.1) is 32.4 Å². The highest BCUT2D eigenvalue weighted by Gasteiger charge is 2.31. The van der Waals surface area contributed by atoms with Crippen LogP contribution in [0.1, 0.15) is 34.5 Å². The zero-order valence-electron chi connectivity index (χ0n) is 20.7. The predicted octanol–water partition coefficient (Wildman–Crippen LogP) is 5.26. The summed E-state index contributed by atoms with van der Waals surface area (Å²) in [4.78, 5) is 14.1. The maximum atomic E-state index is 12.0. The number of ether oxygens (including phenoxy) is 4. The number of thiocarbonyl (C=S) groups is 1. The molecule has 1 atom stereocenters. The third-order valence-electron chi connectivity index (χ3n) is 6.06. The van der Waals surface area contributed by atoms with Gasteiger partial charge in [0.1, 0.15) is 12.4 Å². The number of carbonyl (C=O) groups is 1. The summed E-state index contributed by atoms with van der Waals surface area (Å²) in [5.41, 5.74) is 3.64. The highest BCUT2D eigenvalue weighted by atomic mass is 32.1. The van der Waals surface area contributed by atoms with Crippen molar-refractivity contribution >= 4 is 29.0 Å². The fourth-order valence-corrected chi connectivity index (χ4v) is 4.58. The molecule has 0 aromatic heterocycles. The minimum atomic E-state index is -0.352. The van der Waals surface area contributed by atoms with E-state index < -0.39 is 0 Å². The van der Waals surface area contributed by atoms with E-state index in [-0.39, 0.29) is 12.0 Å². The van der Waals surface area contributed by atoms with Crippen molar-refractivity contribution < 1.29 is 23.7 Å². The van der Waals surface area contributed by atoms with Crippen LogP contribution in [0.5, 0.6) is 17.2 Å². The van der Waals surface area contributed by atoms with Gasteiger partial charge in [0.25, 0.3) is 0 Å². The second kappa shape index (κ2) is 11.8. The van der Waals surface area contributed by atoms with Crippen molar-refractivity contribution in [2.45, 2.75) is 19.4 Å². The van der Waals surface area contributed by atoms with Crippen molar-refractivity contribution in [3.63, 3.8) is 0 Å². The number of nitrogens with one attached hydrogen (secondary N) is 1. The lowest BCUT2D eigenvalue weighted by Gasteiger charge is -2.39. The molecule has 0 radical (unpaired) electrons. The van der Waals surface area contributed by atoms with E-state index in [9.17, 15) is 4.79 Å². The Morgan fingerprint density at radius 2 is 1.72 bits per heavy atom. The average molecular weight is 507 g/mol. The molecule has 188 valence electrons. The van der Waals surface area contributed by atoms with Gasteiger partial charge < -0.3 is 29.2 Å². The Hall–Kier alpha value is -3.78. The summed E-state index contributed by atoms with van der Waals surface area (Å²) in [6.45, 7) is 3.18. The maximum Gasteiger partial charge on any atom is 0.338 e. The van der Waals surface area contributed by atoms with E-state index in [4.69, 9.17) is 31.2 Å². The van der Waals surface area contributed by atoms with Crippen LogP contribution in [0.3, 0.4) is 0 Å². The van der Waals surface area contributed by atoms with Gasteiger partial charge in [0.2, 0.25) is 0 Å². The van der Waals surface area contributed by atoms with Crippen molar-refractivity contribution in [2.24, 2.45) is 0 Å². The van der Waals surface area contributed by atoms with Gasteiger partial charge in [-0.2, -0.15) is 0 Å². The first-order valence-electron chi connectivity index (χ1n) is 11.8. The van der Waals surface area contributed by atoms with Gasteiger partial charge in [0, 0.05) is 12.2 Å². The van der Waals surface area contributed by atoms with E-state index in [2.05, 4.69) is 10.2 Å². The third kappa shape index (κ3) is 5.71. The molecule has 0 amide bonds. The van der Waals surface area contributed by atoms with Crippen LogP contribution in [0.2, 0.25) is 0 Å². The summed E-state index contributed by atoms with van der Waals surface area (Å²) in [5, 5.41) is 3.97. The SMILES string of the molecule is CCOC(=O)c1ccc(OCC2c3cc(OC)c(OC)cc3CCN2C(=S)Nc2ccccc2)cc1. The van der Waals surface area contributed by atoms with Crippen molar-refractivity contribution in [1.29, 1.82) is 0 Å². The van der Waals surface area contributed by atoms with Gasteiger partial charge in [0.15, 0.2) is 16.6 Å². The normalized spacial score (nSPS) is 14.4. The first-order valence-corrected chi connectivity index (χ1v) is 12.2. The minimum Gasteiger partial charge on any atom is -0.493 e. The van der Waals surface area contributed by atoms with E-state index in [0.717, 1.165) is 29.8 Å². The predicted molar refractivity (Wildman–Crippen MR) is 143 cm³/mol. The van der Waals surface area contributed by atoms with Gasteiger partial charge >= 0.3 is 5.97 Å². The third-order valence-corrected chi connectivity index (χ3v) is 6.40. The molecule has 3 aromatic rings. The zero-order valence-corrected chi connectivity index (χ0v) is 21.5. The van der Waals surface area contributed by atoms with E-state index in [1.165, 1.54) is 0 Å². The first kappa shape index (κ1) is 25.3. The number of esters is 1. The van der Waals surface area contributed by atoms with Crippen LogP contribution in [0.25, 0.3) is 0 Å². The van der Waals surface area contributed by atoms with Crippen molar-refractivity contribution in [2.75, 3.05) is 39.3 Å². The Morgan fingerprint density at radius 1 is 1.03 bits per heavy atom. The number of hydrogen-bond donors (Lipinski definition) is 1. The number of para-hydroxylation sites is 1. The lowest BCUT2D eigenvalue weighted by Crippen LogP contribution is -2.44. The summed E-state index contributed by atoms with van der Waals surface area (Å²) in [5.74, 6) is 1.65. The van der Waals surface area contributed by atoms with E-state index in [0.29, 0.717) is 41.1 Å². The summed E-state index contributed by atoms with van der Waals surface area (Å²) < 4.78 is 22.4. The van der Waals surface area contributed by atoms with E-state index in [1.54, 1.807) is 45.4 Å². The molecule has 4 rings (SSSR count). The molecule has 1 heterocycles. The highest BCUT2D eigenvalue weighted by Crippen LogP contribution is 2.38. The van der Waals surface area contributed by atoms with Gasteiger partial charge in [-0.25, -0.2) is 4.79 Å². The Kier molecular flexibility index (Phi) is 8.28. The van der Waals surface area contributed by atoms with Crippen LogP contribution >= 0.6 is 12.2 Å². The second-order valence-electron chi connectivity index (χ2n) is 8.22. The standard InChI is InChI=1S/C28H30N2O5S/c1-4-34-27(31)19-10-12-22(13-11-19)35-18-24-23-17-26(33-3)25(32-2)16-20(23)14-15-30(24)28(36)29-21-8-6-5-7-9-21/h5-13,16-17,24H,4,14-15,18H2,1-3H3,(H,29,36). The van der Waals surface area contributed by atoms with Gasteiger partial charge in [-0.15, -0.1) is 0 Å². The lowest BCUT2D eigenvalue weighted by molar-refractivity contribution is 0.0526. The highest BCUT2D eigenvalue weighted by molar-refractivity contribution is 7.80. The molecular formula is C28H30N2O5S. The largest absolute Gasteiger partial charge is 0.493 e. The van der Waals surface area contributed by atoms with Crippen molar-refractivity contribution in [3.8, 4) is 17.2 Å². The van der Waals surface area contributed by atoms with Crippen LogP contribution in [-0.4, -0.2) is 50.0 Å². The monoisotopic (exact) mass is 506 g/mol. The molecule has 0 saturated carbocycles. The van der Waals surface area contributed by atoms with E-state index in [1.807, 2.05) is 42.5 Å². The number of nitrogens with zero attached hydrogens (tertiary/aromatic N) is 1. The second-order valence-corrected chi connectivity index (χ2v) is 8.60. The minimum absolute atomic E-state index is 0.165. The summed E-state index contributed by atoms with van der Waals surface area (Å²) >= 11 is 5.83. The van der Waals surface area contributed by atoms with Crippen LogP contribution < -0.4 is 19.5 Å². The van der Waals surface area contributed by atoms with Crippen LogP contribution in [0, 0.1) is 0 Å². The van der Waals surface area contributed by atoms with Gasteiger partial charge in [-0.3, -0.25) is 0 Å². The van der Waals surface area contributed by atoms with Crippen molar-refractivity contribution in [1.82, 2.24) is 4.90 Å². The maximum absolute atomic E-state index is 12.0. The Morgan fingerprint density at radius 3 is 2.39 bits per heavy atom. The molecule has 1 aliphatic heterocycles. The van der Waals surface area contributed by atoms with Gasteiger partial charge in [-0.05, 0) is 85.2 Å². The Bertz CT molecular complexity index is 1200. The smallest absolute Gasteiger partial charge is 0.338 e. The zero-order chi connectivity index (χ0) is 25.5. The summed E-state index contributed by atoms with van der Waals surface area (Å²) in [7, 11) is 3.27. The molecule has 7 nitrogen and oxygen atoms in total. The van der Waals surface area contributed by atoms with Crippen LogP contribution in [0.4, 0.5) is 5.69 Å². The number of hydrogen-bond acceptors (Lipinski definition) is 6.